The summed E-state index contributed by atoms with van der Waals surface area (Å²) in [4.78, 5) is 21.6. The Morgan fingerprint density at radius 2 is 2.17 bits per heavy atom. The summed E-state index contributed by atoms with van der Waals surface area (Å²) in [7, 11) is -1.26. The van der Waals surface area contributed by atoms with Crippen molar-refractivity contribution in [1.29, 1.82) is 0 Å². The molecule has 24 heavy (non-hydrogen) atoms. The van der Waals surface area contributed by atoms with E-state index in [-0.39, 0.29) is 11.8 Å². The van der Waals surface area contributed by atoms with Gasteiger partial charge in [0.1, 0.15) is 11.0 Å². The molecule has 2 atom stereocenters. The molecule has 0 aliphatic rings. The summed E-state index contributed by atoms with van der Waals surface area (Å²) in [5, 5.41) is 6.36. The molecular weight excluding hydrogens is 342 g/mol. The Morgan fingerprint density at radius 1 is 1.42 bits per heavy atom. The number of hydrogen-bond donors (Lipinski definition) is 1. The molecule has 2 aromatic rings. The Labute approximate surface area is 148 Å². The van der Waals surface area contributed by atoms with Crippen molar-refractivity contribution in [3.05, 3.63) is 35.1 Å². The third kappa shape index (κ3) is 4.73. The van der Waals surface area contributed by atoms with Gasteiger partial charge in [0.15, 0.2) is 0 Å². The predicted octanol–water partition coefficient (Wildman–Crippen LogP) is 2.67. The van der Waals surface area contributed by atoms with Crippen molar-refractivity contribution in [3.63, 3.8) is 0 Å². The zero-order valence-electron chi connectivity index (χ0n) is 14.0. The highest BCUT2D eigenvalue weighted by atomic mass is 32.2. The fraction of sp³-hybridized carbons (Fsp3) is 0.353. The summed E-state index contributed by atoms with van der Waals surface area (Å²) in [6.45, 7) is 5.52. The van der Waals surface area contributed by atoms with Crippen LogP contribution >= 0.6 is 11.3 Å². The molecule has 0 aromatic carbocycles. The number of nitrogens with zero attached hydrogens (tertiary/aromatic N) is 2. The van der Waals surface area contributed by atoms with Gasteiger partial charge in [0.2, 0.25) is 5.91 Å². The van der Waals surface area contributed by atoms with Gasteiger partial charge in [-0.15, -0.1) is 11.3 Å². The van der Waals surface area contributed by atoms with Crippen LogP contribution in [0.3, 0.4) is 0 Å². The number of nitrogens with one attached hydrogen (secondary N) is 1. The largest absolute Gasteiger partial charge is 0.337 e. The number of amides is 1. The molecule has 0 aliphatic carbocycles. The minimum absolute atomic E-state index is 0.105. The molecule has 0 aliphatic heterocycles. The fourth-order valence-electron chi connectivity index (χ4n) is 1.91. The van der Waals surface area contributed by atoms with Crippen molar-refractivity contribution in [2.75, 3.05) is 6.26 Å². The second-order valence-corrected chi connectivity index (χ2v) is 7.65. The summed E-state index contributed by atoms with van der Waals surface area (Å²) in [5.74, 6) is 2.64. The van der Waals surface area contributed by atoms with Gasteiger partial charge in [0, 0.05) is 35.4 Å². The molecule has 0 radical (unpaired) electrons. The highest BCUT2D eigenvalue weighted by molar-refractivity contribution is 7.89. The number of pyridine rings is 1. The molecule has 0 saturated heterocycles. The molecule has 0 bridgehead atoms. The van der Waals surface area contributed by atoms with E-state index >= 15 is 0 Å². The van der Waals surface area contributed by atoms with E-state index in [2.05, 4.69) is 26.5 Å². The summed E-state index contributed by atoms with van der Waals surface area (Å²) in [6, 6.07) is 3.26. The van der Waals surface area contributed by atoms with Crippen molar-refractivity contribution >= 4 is 28.0 Å². The zero-order chi connectivity index (χ0) is 17.7. The lowest BCUT2D eigenvalue weighted by Gasteiger charge is -2.14. The molecule has 2 unspecified atom stereocenters. The summed E-state index contributed by atoms with van der Waals surface area (Å²) < 4.78 is 11.3. The van der Waals surface area contributed by atoms with E-state index in [1.165, 1.54) is 17.6 Å². The quantitative estimate of drug-likeness (QED) is 0.850. The predicted molar refractivity (Wildman–Crippen MR) is 97.6 cm³/mol. The van der Waals surface area contributed by atoms with Crippen LogP contribution in [-0.2, 0) is 15.6 Å². The highest BCUT2D eigenvalue weighted by Crippen LogP contribution is 2.31. The summed E-state index contributed by atoms with van der Waals surface area (Å²) in [5.41, 5.74) is 1.71. The molecule has 0 fully saturated rings. The van der Waals surface area contributed by atoms with E-state index in [1.54, 1.807) is 12.4 Å². The number of rotatable bonds is 4. The molecule has 2 aromatic heterocycles. The van der Waals surface area contributed by atoms with Crippen LogP contribution in [0.5, 0.6) is 0 Å². The minimum Gasteiger partial charge on any atom is -0.337 e. The van der Waals surface area contributed by atoms with E-state index in [4.69, 9.17) is 0 Å². The fourth-order valence-corrected chi connectivity index (χ4v) is 3.25. The number of hydrogen-bond acceptors (Lipinski definition) is 5. The standard InChI is InChI=1S/C17H19N3O2S2/c1-11(2)16(21)20-14(7-9-24(4)22)15-12(3)19-17(23-15)13-6-5-8-18-10-13/h5-6,8,10-11,14H,1-4H3,(H,20,21). The summed E-state index contributed by atoms with van der Waals surface area (Å²) in [6.07, 6.45) is 4.96. The molecule has 5 nitrogen and oxygen atoms in total. The average molecular weight is 361 g/mol. The number of aromatic nitrogens is 2. The molecule has 126 valence electrons. The molecule has 1 amide bonds. The number of carbonyl (C=O) groups is 1. The van der Waals surface area contributed by atoms with Crippen molar-refractivity contribution in [2.24, 2.45) is 5.92 Å². The smallest absolute Gasteiger partial charge is 0.223 e. The Morgan fingerprint density at radius 3 is 2.75 bits per heavy atom. The van der Waals surface area contributed by atoms with Gasteiger partial charge in [-0.2, -0.15) is 0 Å². The third-order valence-electron chi connectivity index (χ3n) is 3.16. The lowest BCUT2D eigenvalue weighted by Crippen LogP contribution is -2.31. The maximum absolute atomic E-state index is 12.1. The Bertz CT molecular complexity index is 804. The lowest BCUT2D eigenvalue weighted by atomic mass is 10.1. The second kappa shape index (κ2) is 8.18. The van der Waals surface area contributed by atoms with Crippen LogP contribution in [0.15, 0.2) is 24.5 Å². The van der Waals surface area contributed by atoms with Crippen LogP contribution in [0, 0.1) is 24.0 Å². The minimum atomic E-state index is -1.26. The number of thiazole rings is 1. The lowest BCUT2D eigenvalue weighted by molar-refractivity contribution is -0.124. The Kier molecular flexibility index (Phi) is 6.23. The summed E-state index contributed by atoms with van der Waals surface area (Å²) >= 11 is 1.46. The van der Waals surface area contributed by atoms with E-state index in [1.807, 2.05) is 32.9 Å². The van der Waals surface area contributed by atoms with E-state index < -0.39 is 16.8 Å². The van der Waals surface area contributed by atoms with Crippen LogP contribution in [0.25, 0.3) is 10.6 Å². The van der Waals surface area contributed by atoms with Crippen molar-refractivity contribution in [2.45, 2.75) is 26.8 Å². The molecule has 2 rings (SSSR count). The van der Waals surface area contributed by atoms with Gasteiger partial charge in [0.25, 0.3) is 0 Å². The van der Waals surface area contributed by atoms with Crippen molar-refractivity contribution in [3.8, 4) is 21.7 Å². The van der Waals surface area contributed by atoms with Crippen LogP contribution in [-0.4, -0.2) is 26.3 Å². The maximum Gasteiger partial charge on any atom is 0.223 e. The topological polar surface area (TPSA) is 72.0 Å². The van der Waals surface area contributed by atoms with Crippen LogP contribution in [0.2, 0.25) is 0 Å². The molecule has 2 heterocycles. The van der Waals surface area contributed by atoms with Crippen LogP contribution in [0.1, 0.15) is 30.5 Å². The van der Waals surface area contributed by atoms with Gasteiger partial charge >= 0.3 is 0 Å². The normalized spacial score (nSPS) is 13.0. The van der Waals surface area contributed by atoms with Crippen molar-refractivity contribution < 1.29 is 9.00 Å². The molecule has 1 N–H and O–H groups in total. The molecule has 0 spiro atoms. The average Bonchev–Trinajstić information content (AvgIpc) is 2.93. The Hall–Kier alpha value is -2.04. The first-order chi connectivity index (χ1) is 11.4. The van der Waals surface area contributed by atoms with E-state index in [9.17, 15) is 9.00 Å². The first-order valence-electron chi connectivity index (χ1n) is 7.41. The monoisotopic (exact) mass is 361 g/mol. The van der Waals surface area contributed by atoms with E-state index in [0.717, 1.165) is 21.1 Å². The maximum atomic E-state index is 12.1. The highest BCUT2D eigenvalue weighted by Gasteiger charge is 2.20. The number of aryl methyl sites for hydroxylation is 1. The SMILES string of the molecule is Cc1nc(-c2cccnc2)sc1C(C#CS(C)=O)NC(=O)C(C)C. The van der Waals surface area contributed by atoms with Gasteiger partial charge in [-0.05, 0) is 19.1 Å². The third-order valence-corrected chi connectivity index (χ3v) is 4.84. The van der Waals surface area contributed by atoms with Crippen molar-refractivity contribution in [1.82, 2.24) is 15.3 Å². The molecule has 0 saturated carbocycles. The molecule has 7 heteroatoms. The number of carbonyl (C=O) groups excluding carboxylic acids is 1. The van der Waals surface area contributed by atoms with Gasteiger partial charge in [-0.25, -0.2) is 9.19 Å². The Balaban J connectivity index is 2.39. The first-order valence-corrected chi connectivity index (χ1v) is 9.78. The van der Waals surface area contributed by atoms with Gasteiger partial charge in [-0.1, -0.05) is 19.8 Å². The zero-order valence-corrected chi connectivity index (χ0v) is 15.6. The van der Waals surface area contributed by atoms with Gasteiger partial charge < -0.3 is 5.32 Å². The van der Waals surface area contributed by atoms with Gasteiger partial charge in [-0.3, -0.25) is 9.78 Å². The molecular formula is C17H19N3O2S2. The van der Waals surface area contributed by atoms with Crippen LogP contribution < -0.4 is 5.32 Å². The van der Waals surface area contributed by atoms with E-state index in [0.29, 0.717) is 0 Å². The van der Waals surface area contributed by atoms with Crippen LogP contribution in [0.4, 0.5) is 0 Å². The second-order valence-electron chi connectivity index (χ2n) is 5.51. The first kappa shape index (κ1) is 18.3. The van der Waals surface area contributed by atoms with Gasteiger partial charge in [0.05, 0.1) is 21.4 Å².